The number of aromatic nitrogens is 3. The second-order valence-electron chi connectivity index (χ2n) is 14.0. The van der Waals surface area contributed by atoms with Crippen LogP contribution < -0.4 is 0 Å². The van der Waals surface area contributed by atoms with Crippen LogP contribution in [0.15, 0.2) is 176 Å². The Morgan fingerprint density at radius 3 is 1.51 bits per heavy atom. The number of nitrogens with zero attached hydrogens (tertiary/aromatic N) is 5. The van der Waals surface area contributed by atoms with E-state index in [0.717, 1.165) is 71.8 Å². The van der Waals surface area contributed by atoms with Crippen molar-refractivity contribution in [2.75, 3.05) is 0 Å². The highest BCUT2D eigenvalue weighted by atomic mass is 15.0. The molecule has 0 atom stereocenters. The first-order valence-electron chi connectivity index (χ1n) is 18.3. The topological polar surface area (TPSA) is 62.4 Å². The molecule has 0 saturated carbocycles. The van der Waals surface area contributed by atoms with E-state index < -0.39 is 0 Å². The third kappa shape index (κ3) is 4.51. The molecular formula is C50H29N5. The average molecular weight is 700 g/mol. The monoisotopic (exact) mass is 699 g/mol. The minimum absolute atomic E-state index is 0.594. The van der Waals surface area contributed by atoms with Gasteiger partial charge >= 0.3 is 0 Å². The Kier molecular flexibility index (Phi) is 6.61. The standard InChI is InChI=1S/C50H29N5/c51-30-32-20-25-47-42(28-32)40-12-3-7-16-45(40)55(47)49-19-9-18-48-50(49)41-13-4-8-17-46(41)54(48)37-27-33(31-52)26-35(29-37)34-21-23-36(24-22-34)53-43-14-5-1-10-38(43)39-11-2-6-15-44(39)53/h1-29H. The molecule has 254 valence electrons. The number of fused-ring (bicyclic) bond motifs is 9. The largest absolute Gasteiger partial charge is 0.309 e. The molecule has 0 aliphatic carbocycles. The van der Waals surface area contributed by atoms with Gasteiger partial charge in [0.05, 0.1) is 62.1 Å². The third-order valence-electron chi connectivity index (χ3n) is 11.1. The van der Waals surface area contributed by atoms with Gasteiger partial charge in [0.15, 0.2) is 0 Å². The molecule has 5 heteroatoms. The fraction of sp³-hybridized carbons (Fsp3) is 0. The van der Waals surface area contributed by atoms with Gasteiger partial charge in [-0.2, -0.15) is 10.5 Å². The predicted octanol–water partition coefficient (Wildman–Crippen LogP) is 12.4. The molecular weight excluding hydrogens is 671 g/mol. The van der Waals surface area contributed by atoms with Gasteiger partial charge in [0.2, 0.25) is 0 Å². The van der Waals surface area contributed by atoms with Crippen molar-refractivity contribution in [1.82, 2.24) is 13.7 Å². The van der Waals surface area contributed by atoms with Crippen molar-refractivity contribution < 1.29 is 0 Å². The van der Waals surface area contributed by atoms with Crippen molar-refractivity contribution >= 4 is 65.4 Å². The lowest BCUT2D eigenvalue weighted by Gasteiger charge is -2.13. The molecule has 0 unspecified atom stereocenters. The lowest BCUT2D eigenvalue weighted by Crippen LogP contribution is -1.98. The molecule has 0 aliphatic rings. The molecule has 0 amide bonds. The number of nitriles is 2. The molecule has 55 heavy (non-hydrogen) atoms. The molecule has 5 nitrogen and oxygen atoms in total. The van der Waals surface area contributed by atoms with Gasteiger partial charge in [-0.15, -0.1) is 0 Å². The maximum atomic E-state index is 10.3. The lowest BCUT2D eigenvalue weighted by molar-refractivity contribution is 1.17. The molecule has 0 saturated heterocycles. The van der Waals surface area contributed by atoms with Gasteiger partial charge in [-0.25, -0.2) is 0 Å². The van der Waals surface area contributed by atoms with Gasteiger partial charge in [0.1, 0.15) is 0 Å². The zero-order valence-electron chi connectivity index (χ0n) is 29.5. The quantitative estimate of drug-likeness (QED) is 0.184. The number of para-hydroxylation sites is 4. The highest BCUT2D eigenvalue weighted by Crippen LogP contribution is 2.41. The van der Waals surface area contributed by atoms with E-state index in [0.29, 0.717) is 11.1 Å². The van der Waals surface area contributed by atoms with Crippen LogP contribution in [-0.4, -0.2) is 13.7 Å². The van der Waals surface area contributed by atoms with Gasteiger partial charge < -0.3 is 13.7 Å². The summed E-state index contributed by atoms with van der Waals surface area (Å²) in [5, 5.41) is 26.9. The summed E-state index contributed by atoms with van der Waals surface area (Å²) >= 11 is 0. The first kappa shape index (κ1) is 30.7. The molecule has 0 aliphatic heterocycles. The molecule has 0 spiro atoms. The van der Waals surface area contributed by atoms with Crippen molar-refractivity contribution in [3.8, 4) is 40.3 Å². The lowest BCUT2D eigenvalue weighted by atomic mass is 10.0. The van der Waals surface area contributed by atoms with E-state index in [1.165, 1.54) is 21.8 Å². The zero-order chi connectivity index (χ0) is 36.6. The van der Waals surface area contributed by atoms with Gasteiger partial charge in [0, 0.05) is 43.7 Å². The number of rotatable bonds is 4. The van der Waals surface area contributed by atoms with Crippen molar-refractivity contribution in [2.45, 2.75) is 0 Å². The van der Waals surface area contributed by atoms with Crippen molar-refractivity contribution in [3.05, 3.63) is 187 Å². The summed E-state index contributed by atoms with van der Waals surface area (Å²) in [6, 6.07) is 66.0. The summed E-state index contributed by atoms with van der Waals surface area (Å²) in [5.41, 5.74) is 12.9. The van der Waals surface area contributed by atoms with Crippen LogP contribution in [0.25, 0.3) is 93.6 Å². The molecule has 3 heterocycles. The Bertz CT molecular complexity index is 3400. The van der Waals surface area contributed by atoms with E-state index in [4.69, 9.17) is 0 Å². The smallest absolute Gasteiger partial charge is 0.0992 e. The summed E-state index contributed by atoms with van der Waals surface area (Å²) in [6.07, 6.45) is 0. The Labute approximate surface area is 316 Å². The molecule has 0 radical (unpaired) electrons. The SMILES string of the molecule is N#Cc1cc(-c2ccc(-n3c4ccccc4c4ccccc43)cc2)cc(-n2c3ccccc3c3c(-n4c5ccccc5c5cc(C#N)ccc54)cccc32)c1. The van der Waals surface area contributed by atoms with Crippen LogP contribution in [0.1, 0.15) is 11.1 Å². The van der Waals surface area contributed by atoms with Gasteiger partial charge in [-0.3, -0.25) is 0 Å². The molecule has 11 aromatic rings. The van der Waals surface area contributed by atoms with Crippen LogP contribution >= 0.6 is 0 Å². The van der Waals surface area contributed by atoms with Crippen LogP contribution in [0.4, 0.5) is 0 Å². The Balaban J connectivity index is 1.10. The summed E-state index contributed by atoms with van der Waals surface area (Å²) < 4.78 is 6.92. The summed E-state index contributed by atoms with van der Waals surface area (Å²) in [5.74, 6) is 0. The summed E-state index contributed by atoms with van der Waals surface area (Å²) in [6.45, 7) is 0. The molecule has 8 aromatic carbocycles. The normalized spacial score (nSPS) is 11.6. The molecule has 11 rings (SSSR count). The zero-order valence-corrected chi connectivity index (χ0v) is 29.5. The van der Waals surface area contributed by atoms with Crippen molar-refractivity contribution in [3.63, 3.8) is 0 Å². The van der Waals surface area contributed by atoms with Gasteiger partial charge in [-0.05, 0) is 96.1 Å². The molecule has 0 fully saturated rings. The summed E-state index contributed by atoms with van der Waals surface area (Å²) in [7, 11) is 0. The number of benzene rings is 8. The van der Waals surface area contributed by atoms with Gasteiger partial charge in [-0.1, -0.05) is 91.0 Å². The van der Waals surface area contributed by atoms with E-state index in [-0.39, 0.29) is 0 Å². The second-order valence-corrected chi connectivity index (χ2v) is 14.0. The fourth-order valence-electron chi connectivity index (χ4n) is 8.74. The number of hydrogen-bond acceptors (Lipinski definition) is 2. The average Bonchev–Trinajstić information content (AvgIpc) is 3.89. The molecule has 3 aromatic heterocycles. The maximum absolute atomic E-state index is 10.3. The Hall–Kier alpha value is -7.86. The predicted molar refractivity (Wildman–Crippen MR) is 224 cm³/mol. The van der Waals surface area contributed by atoms with Crippen molar-refractivity contribution in [1.29, 1.82) is 10.5 Å². The van der Waals surface area contributed by atoms with Crippen LogP contribution in [-0.2, 0) is 0 Å². The van der Waals surface area contributed by atoms with E-state index in [1.54, 1.807) is 0 Å². The molecule has 0 bridgehead atoms. The minimum Gasteiger partial charge on any atom is -0.309 e. The first-order valence-corrected chi connectivity index (χ1v) is 18.3. The first-order chi connectivity index (χ1) is 27.2. The minimum atomic E-state index is 0.594. The molecule has 0 N–H and O–H groups in total. The van der Waals surface area contributed by atoms with Crippen LogP contribution in [0.3, 0.4) is 0 Å². The van der Waals surface area contributed by atoms with Gasteiger partial charge in [0.25, 0.3) is 0 Å². The van der Waals surface area contributed by atoms with Crippen LogP contribution in [0, 0.1) is 22.7 Å². The Morgan fingerprint density at radius 1 is 0.327 bits per heavy atom. The maximum Gasteiger partial charge on any atom is 0.0992 e. The Morgan fingerprint density at radius 2 is 0.855 bits per heavy atom. The van der Waals surface area contributed by atoms with Crippen molar-refractivity contribution in [2.24, 2.45) is 0 Å². The van der Waals surface area contributed by atoms with Crippen LogP contribution in [0.2, 0.25) is 0 Å². The van der Waals surface area contributed by atoms with E-state index in [2.05, 4.69) is 177 Å². The highest BCUT2D eigenvalue weighted by Gasteiger charge is 2.20. The third-order valence-corrected chi connectivity index (χ3v) is 11.1. The summed E-state index contributed by atoms with van der Waals surface area (Å²) in [4.78, 5) is 0. The number of hydrogen-bond donors (Lipinski definition) is 0. The van der Waals surface area contributed by atoms with E-state index >= 15 is 0 Å². The fourth-order valence-corrected chi connectivity index (χ4v) is 8.74. The van der Waals surface area contributed by atoms with E-state index in [9.17, 15) is 10.5 Å². The van der Waals surface area contributed by atoms with E-state index in [1.807, 2.05) is 24.3 Å². The van der Waals surface area contributed by atoms with Crippen LogP contribution in [0.5, 0.6) is 0 Å². The second kappa shape index (κ2) is 11.8. The highest BCUT2D eigenvalue weighted by molar-refractivity contribution is 6.16.